The Bertz CT molecular complexity index is 267. The fraction of sp³-hybridized carbons (Fsp3) is 1.00. The molecule has 0 N–H and O–H groups in total. The third kappa shape index (κ3) is 9.02. The van der Waals surface area contributed by atoms with Crippen molar-refractivity contribution in [2.75, 3.05) is 19.0 Å². The van der Waals surface area contributed by atoms with Gasteiger partial charge in [0, 0.05) is 10.7 Å². The van der Waals surface area contributed by atoms with E-state index in [1.807, 2.05) is 0 Å². The second kappa shape index (κ2) is 6.60. The van der Waals surface area contributed by atoms with E-state index in [4.69, 9.17) is 15.4 Å². The van der Waals surface area contributed by atoms with Crippen LogP contribution in [0.5, 0.6) is 0 Å². The summed E-state index contributed by atoms with van der Waals surface area (Å²) in [6, 6.07) is 0. The van der Waals surface area contributed by atoms with E-state index in [0.29, 0.717) is 0 Å². The highest BCUT2D eigenvalue weighted by molar-refractivity contribution is 8.13. The first-order valence-electron chi connectivity index (χ1n) is 4.50. The largest absolute Gasteiger partial charge is 0.375 e. The molecule has 1 atom stereocenters. The van der Waals surface area contributed by atoms with Gasteiger partial charge in [0.05, 0.1) is 12.4 Å². The maximum Gasteiger partial charge on any atom is 0.261 e. The summed E-state index contributed by atoms with van der Waals surface area (Å²) in [5, 5.41) is 0. The van der Waals surface area contributed by atoms with Crippen LogP contribution in [-0.4, -0.2) is 33.8 Å². The summed E-state index contributed by atoms with van der Waals surface area (Å²) < 4.78 is 49.8. The second-order valence-corrected chi connectivity index (χ2v) is 6.46. The van der Waals surface area contributed by atoms with E-state index in [1.165, 1.54) is 0 Å². The summed E-state index contributed by atoms with van der Waals surface area (Å²) in [5.74, 6) is -0.599. The Labute approximate surface area is 93.2 Å². The van der Waals surface area contributed by atoms with Crippen molar-refractivity contribution in [3.8, 4) is 0 Å². The van der Waals surface area contributed by atoms with Crippen LogP contribution in [-0.2, 0) is 13.8 Å². The Morgan fingerprint density at radius 2 is 1.80 bits per heavy atom. The zero-order valence-corrected chi connectivity index (χ0v) is 10.2. The first-order chi connectivity index (χ1) is 6.72. The average Bonchev–Trinajstić information content (AvgIpc) is 1.99. The molecule has 0 aliphatic rings. The van der Waals surface area contributed by atoms with Crippen molar-refractivity contribution in [1.82, 2.24) is 0 Å². The summed E-state index contributed by atoms with van der Waals surface area (Å²) in [7, 11) is 1.47. The summed E-state index contributed by atoms with van der Waals surface area (Å²) in [5.41, 5.74) is 0. The standard InChI is InChI=1S/C8H15ClF2O3S/c1-6(2)7(5-15(9,12)13)3-14-4-8(10)11/h6-8H,3-5H2,1-2H3. The number of alkyl halides is 2. The number of hydrogen-bond acceptors (Lipinski definition) is 3. The van der Waals surface area contributed by atoms with E-state index in [1.54, 1.807) is 13.8 Å². The van der Waals surface area contributed by atoms with Gasteiger partial charge in [-0.2, -0.15) is 0 Å². The van der Waals surface area contributed by atoms with Crippen LogP contribution < -0.4 is 0 Å². The van der Waals surface area contributed by atoms with Crippen molar-refractivity contribution in [3.05, 3.63) is 0 Å². The molecule has 0 fully saturated rings. The maximum absolute atomic E-state index is 11.8. The van der Waals surface area contributed by atoms with E-state index in [-0.39, 0.29) is 24.2 Å². The fourth-order valence-corrected chi connectivity index (χ4v) is 2.48. The van der Waals surface area contributed by atoms with E-state index in [2.05, 4.69) is 0 Å². The molecule has 0 radical (unpaired) electrons. The molecule has 0 spiro atoms. The Morgan fingerprint density at radius 3 is 2.13 bits per heavy atom. The molecule has 0 bridgehead atoms. The first-order valence-corrected chi connectivity index (χ1v) is 6.98. The lowest BCUT2D eigenvalue weighted by atomic mass is 9.99. The number of ether oxygens (including phenoxy) is 1. The van der Waals surface area contributed by atoms with Gasteiger partial charge in [-0.05, 0) is 11.8 Å². The van der Waals surface area contributed by atoms with Gasteiger partial charge in [-0.1, -0.05) is 13.8 Å². The molecule has 0 heterocycles. The van der Waals surface area contributed by atoms with Crippen molar-refractivity contribution in [1.29, 1.82) is 0 Å². The molecule has 0 amide bonds. The molecule has 0 saturated carbocycles. The van der Waals surface area contributed by atoms with Gasteiger partial charge in [0.15, 0.2) is 0 Å². The third-order valence-electron chi connectivity index (χ3n) is 1.93. The second-order valence-electron chi connectivity index (χ2n) is 3.64. The van der Waals surface area contributed by atoms with Gasteiger partial charge in [-0.25, -0.2) is 17.2 Å². The van der Waals surface area contributed by atoms with Crippen LogP contribution in [0, 0.1) is 11.8 Å². The summed E-state index contributed by atoms with van der Waals surface area (Å²) >= 11 is 0. The van der Waals surface area contributed by atoms with E-state index in [0.717, 1.165) is 0 Å². The van der Waals surface area contributed by atoms with Crippen LogP contribution >= 0.6 is 10.7 Å². The Morgan fingerprint density at radius 1 is 1.27 bits per heavy atom. The molecular formula is C8H15ClF2O3S. The van der Waals surface area contributed by atoms with Gasteiger partial charge < -0.3 is 4.74 Å². The van der Waals surface area contributed by atoms with E-state index in [9.17, 15) is 17.2 Å². The quantitative estimate of drug-likeness (QED) is 0.662. The normalized spacial score (nSPS) is 14.9. The fourth-order valence-electron chi connectivity index (χ4n) is 0.997. The van der Waals surface area contributed by atoms with E-state index >= 15 is 0 Å². The SMILES string of the molecule is CC(C)C(COCC(F)F)CS(=O)(=O)Cl. The van der Waals surface area contributed by atoms with Crippen LogP contribution in [0.1, 0.15) is 13.8 Å². The first kappa shape index (κ1) is 15.1. The zero-order valence-electron chi connectivity index (χ0n) is 8.62. The van der Waals surface area contributed by atoms with Crippen molar-refractivity contribution in [2.45, 2.75) is 20.3 Å². The van der Waals surface area contributed by atoms with Crippen LogP contribution in [0.2, 0.25) is 0 Å². The third-order valence-corrected chi connectivity index (χ3v) is 3.14. The monoisotopic (exact) mass is 264 g/mol. The van der Waals surface area contributed by atoms with Crippen LogP contribution in [0.4, 0.5) is 8.78 Å². The van der Waals surface area contributed by atoms with Gasteiger partial charge in [-0.15, -0.1) is 0 Å². The van der Waals surface area contributed by atoms with Crippen molar-refractivity contribution < 1.29 is 21.9 Å². The smallest absolute Gasteiger partial charge is 0.261 e. The molecule has 15 heavy (non-hydrogen) atoms. The maximum atomic E-state index is 11.8. The van der Waals surface area contributed by atoms with E-state index < -0.39 is 22.1 Å². The molecule has 0 aliphatic heterocycles. The van der Waals surface area contributed by atoms with Crippen LogP contribution in [0.15, 0.2) is 0 Å². The van der Waals surface area contributed by atoms with Gasteiger partial charge in [0.25, 0.3) is 6.43 Å². The predicted molar refractivity (Wildman–Crippen MR) is 54.8 cm³/mol. The molecule has 3 nitrogen and oxygen atoms in total. The lowest BCUT2D eigenvalue weighted by Gasteiger charge is -2.18. The van der Waals surface area contributed by atoms with Gasteiger partial charge in [0.2, 0.25) is 9.05 Å². The Balaban J connectivity index is 4.07. The topological polar surface area (TPSA) is 43.4 Å². The molecule has 0 aromatic carbocycles. The summed E-state index contributed by atoms with van der Waals surface area (Å²) in [6.07, 6.45) is -2.54. The highest BCUT2D eigenvalue weighted by atomic mass is 35.7. The summed E-state index contributed by atoms with van der Waals surface area (Å²) in [4.78, 5) is 0. The molecule has 1 unspecified atom stereocenters. The minimum absolute atomic E-state index is 0.0104. The molecule has 0 aliphatic carbocycles. The number of rotatable bonds is 7. The van der Waals surface area contributed by atoms with Crippen molar-refractivity contribution >= 4 is 19.7 Å². The van der Waals surface area contributed by atoms with Crippen LogP contribution in [0.3, 0.4) is 0 Å². The predicted octanol–water partition coefficient (Wildman–Crippen LogP) is 2.11. The number of halogens is 3. The lowest BCUT2D eigenvalue weighted by molar-refractivity contribution is 0.00112. The minimum Gasteiger partial charge on any atom is -0.375 e. The van der Waals surface area contributed by atoms with Gasteiger partial charge in [-0.3, -0.25) is 0 Å². The summed E-state index contributed by atoms with van der Waals surface area (Å²) in [6.45, 7) is 2.89. The molecule has 0 saturated heterocycles. The highest BCUT2D eigenvalue weighted by Crippen LogP contribution is 2.16. The van der Waals surface area contributed by atoms with Crippen molar-refractivity contribution in [2.24, 2.45) is 11.8 Å². The lowest BCUT2D eigenvalue weighted by Crippen LogP contribution is -2.24. The highest BCUT2D eigenvalue weighted by Gasteiger charge is 2.21. The molecular weight excluding hydrogens is 250 g/mol. The van der Waals surface area contributed by atoms with Crippen LogP contribution in [0.25, 0.3) is 0 Å². The Kier molecular flexibility index (Phi) is 6.63. The molecule has 0 rings (SSSR count). The zero-order chi connectivity index (χ0) is 12.1. The minimum atomic E-state index is -3.61. The van der Waals surface area contributed by atoms with Crippen molar-refractivity contribution in [3.63, 3.8) is 0 Å². The molecule has 0 aromatic heterocycles. The average molecular weight is 265 g/mol. The number of hydrogen-bond donors (Lipinski definition) is 0. The molecule has 92 valence electrons. The Hall–Kier alpha value is 0.0600. The van der Waals surface area contributed by atoms with Gasteiger partial charge in [0.1, 0.15) is 6.61 Å². The molecule has 0 aromatic rings. The van der Waals surface area contributed by atoms with Gasteiger partial charge >= 0.3 is 0 Å². The molecule has 7 heteroatoms.